The second kappa shape index (κ2) is 10.6. The molecule has 0 unspecified atom stereocenters. The van der Waals surface area contributed by atoms with Crippen molar-refractivity contribution in [3.63, 3.8) is 0 Å². The number of carbonyl (C=O) groups excluding carboxylic acids is 3. The first-order valence-corrected chi connectivity index (χ1v) is 12.1. The first-order chi connectivity index (χ1) is 16.4. The molecule has 0 spiro atoms. The number of para-hydroxylation sites is 1. The molecule has 2 atom stereocenters. The fraction of sp³-hybridized carbons (Fsp3) is 0.625. The molecule has 2 aliphatic heterocycles. The molecule has 3 N–H and O–H groups in total. The fourth-order valence-corrected chi connectivity index (χ4v) is 5.22. The third-order valence-electron chi connectivity index (χ3n) is 7.31. The summed E-state index contributed by atoms with van der Waals surface area (Å²) in [6, 6.07) is 9.88. The van der Waals surface area contributed by atoms with E-state index in [0.29, 0.717) is 26.2 Å². The minimum Gasteiger partial charge on any atom is -0.446 e. The molecule has 1 saturated carbocycles. The summed E-state index contributed by atoms with van der Waals surface area (Å²) in [4.78, 5) is 43.7. The zero-order chi connectivity index (χ0) is 24.1. The molecule has 4 rings (SSSR count). The van der Waals surface area contributed by atoms with Gasteiger partial charge in [0.25, 0.3) is 11.8 Å². The maximum absolute atomic E-state index is 13.4. The number of likely N-dealkylation sites (tertiary alicyclic amines) is 1. The van der Waals surface area contributed by atoms with Gasteiger partial charge >= 0.3 is 6.09 Å². The molecule has 0 aromatic heterocycles. The summed E-state index contributed by atoms with van der Waals surface area (Å²) >= 11 is 0. The number of hydroxylamine groups is 1. The fourth-order valence-electron chi connectivity index (χ4n) is 5.22. The molecular weight excluding hydrogens is 440 g/mol. The Balaban J connectivity index is 1.40. The molecule has 186 valence electrons. The first kappa shape index (κ1) is 24.3. The summed E-state index contributed by atoms with van der Waals surface area (Å²) < 4.78 is 5.60. The summed E-state index contributed by atoms with van der Waals surface area (Å²) in [7, 11) is 0. The summed E-state index contributed by atoms with van der Waals surface area (Å²) in [5, 5.41) is 20.7. The van der Waals surface area contributed by atoms with E-state index >= 15 is 0 Å². The summed E-state index contributed by atoms with van der Waals surface area (Å²) in [5.41, 5.74) is 0.615. The van der Waals surface area contributed by atoms with Crippen molar-refractivity contribution in [3.05, 3.63) is 30.3 Å². The van der Waals surface area contributed by atoms with Gasteiger partial charge in [0.05, 0.1) is 5.92 Å². The van der Waals surface area contributed by atoms with Gasteiger partial charge in [0.15, 0.2) is 5.60 Å². The first-order valence-electron chi connectivity index (χ1n) is 12.1. The number of ether oxygens (including phenoxy) is 1. The highest BCUT2D eigenvalue weighted by atomic mass is 16.6. The predicted octanol–water partition coefficient (Wildman–Crippen LogP) is 1.36. The van der Waals surface area contributed by atoms with Crippen LogP contribution in [0.3, 0.4) is 0 Å². The van der Waals surface area contributed by atoms with Crippen LogP contribution < -0.4 is 10.4 Å². The summed E-state index contributed by atoms with van der Waals surface area (Å²) in [5.74, 6) is -2.74. The molecule has 0 radical (unpaired) electrons. The third kappa shape index (κ3) is 5.12. The average molecular weight is 475 g/mol. The average Bonchev–Trinajstić information content (AvgIpc) is 2.89. The van der Waals surface area contributed by atoms with Crippen molar-refractivity contribution in [1.29, 1.82) is 0 Å². The number of piperidine rings is 1. The van der Waals surface area contributed by atoms with E-state index in [0.717, 1.165) is 37.8 Å². The Bertz CT molecular complexity index is 869. The highest BCUT2D eigenvalue weighted by molar-refractivity contribution is 5.93. The van der Waals surface area contributed by atoms with Crippen LogP contribution in [0.15, 0.2) is 30.3 Å². The zero-order valence-corrected chi connectivity index (χ0v) is 19.4. The number of amides is 3. The van der Waals surface area contributed by atoms with E-state index in [1.54, 1.807) is 10.4 Å². The molecule has 34 heavy (non-hydrogen) atoms. The Hall–Kier alpha value is -2.85. The standard InChI is InChI=1S/C24H34N4O6/c29-21(25-33)20-17-28(23(31)34-19-9-5-2-6-10-19)12-11-24(20,32)22(30)27-15-13-26(14-16-27)18-7-3-1-4-8-18/h1,3-4,7-8,19-20,32-33H,2,5-6,9-17H2,(H,25,29)/t20-,24+/m1/s1. The lowest BCUT2D eigenvalue weighted by Crippen LogP contribution is -2.66. The molecule has 1 aliphatic carbocycles. The van der Waals surface area contributed by atoms with Gasteiger partial charge in [0.1, 0.15) is 6.10 Å². The number of carbonyl (C=O) groups is 3. The quantitative estimate of drug-likeness (QED) is 0.445. The van der Waals surface area contributed by atoms with Crippen molar-refractivity contribution in [2.24, 2.45) is 5.92 Å². The lowest BCUT2D eigenvalue weighted by molar-refractivity contribution is -0.172. The molecule has 2 heterocycles. The normalized spacial score (nSPS) is 26.2. The number of hydrogen-bond donors (Lipinski definition) is 3. The number of piperazine rings is 1. The molecule has 10 nitrogen and oxygen atoms in total. The molecule has 1 aromatic carbocycles. The van der Waals surface area contributed by atoms with E-state index < -0.39 is 29.4 Å². The van der Waals surface area contributed by atoms with Crippen molar-refractivity contribution in [2.45, 2.75) is 50.2 Å². The maximum atomic E-state index is 13.4. The van der Waals surface area contributed by atoms with Crippen molar-refractivity contribution >= 4 is 23.6 Å². The second-order valence-corrected chi connectivity index (χ2v) is 9.41. The number of aliphatic hydroxyl groups is 1. The van der Waals surface area contributed by atoms with Gasteiger partial charge in [-0.05, 0) is 37.8 Å². The highest BCUT2D eigenvalue weighted by Crippen LogP contribution is 2.32. The van der Waals surface area contributed by atoms with Gasteiger partial charge < -0.3 is 24.5 Å². The smallest absolute Gasteiger partial charge is 0.410 e. The van der Waals surface area contributed by atoms with Crippen molar-refractivity contribution in [1.82, 2.24) is 15.3 Å². The van der Waals surface area contributed by atoms with E-state index in [4.69, 9.17) is 4.74 Å². The second-order valence-electron chi connectivity index (χ2n) is 9.41. The topological polar surface area (TPSA) is 123 Å². The number of rotatable bonds is 4. The highest BCUT2D eigenvalue weighted by Gasteiger charge is 2.53. The van der Waals surface area contributed by atoms with Crippen LogP contribution in [0.25, 0.3) is 0 Å². The molecule has 3 aliphatic rings. The number of hydrogen-bond acceptors (Lipinski definition) is 7. The molecule has 3 fully saturated rings. The van der Waals surface area contributed by atoms with Crippen molar-refractivity contribution in [3.8, 4) is 0 Å². The minimum atomic E-state index is -2.01. The number of nitrogens with zero attached hydrogens (tertiary/aromatic N) is 3. The van der Waals surface area contributed by atoms with Crippen molar-refractivity contribution in [2.75, 3.05) is 44.2 Å². The van der Waals surface area contributed by atoms with E-state index in [1.165, 1.54) is 4.90 Å². The van der Waals surface area contributed by atoms with E-state index in [-0.39, 0.29) is 25.6 Å². The van der Waals surface area contributed by atoms with Gasteiger partial charge in [-0.1, -0.05) is 24.6 Å². The van der Waals surface area contributed by atoms with Gasteiger partial charge in [-0.25, -0.2) is 10.3 Å². The van der Waals surface area contributed by atoms with Crippen LogP contribution in [-0.2, 0) is 14.3 Å². The van der Waals surface area contributed by atoms with Crippen LogP contribution in [0.1, 0.15) is 38.5 Å². The molecule has 1 aromatic rings. The lowest BCUT2D eigenvalue weighted by Gasteiger charge is -2.45. The van der Waals surface area contributed by atoms with E-state index in [2.05, 4.69) is 4.90 Å². The lowest BCUT2D eigenvalue weighted by atomic mass is 9.79. The third-order valence-corrected chi connectivity index (χ3v) is 7.31. The van der Waals surface area contributed by atoms with Crippen LogP contribution in [0, 0.1) is 5.92 Å². The Labute approximate surface area is 199 Å². The molecule has 2 saturated heterocycles. The summed E-state index contributed by atoms with van der Waals surface area (Å²) in [6.45, 7) is 1.89. The Morgan fingerprint density at radius 1 is 0.941 bits per heavy atom. The Morgan fingerprint density at radius 2 is 1.62 bits per heavy atom. The van der Waals surface area contributed by atoms with Crippen LogP contribution in [-0.4, -0.2) is 89.0 Å². The zero-order valence-electron chi connectivity index (χ0n) is 19.4. The van der Waals surface area contributed by atoms with Gasteiger partial charge in [-0.15, -0.1) is 0 Å². The summed E-state index contributed by atoms with van der Waals surface area (Å²) in [6.07, 6.45) is 3.99. The number of nitrogens with one attached hydrogen (secondary N) is 1. The molecule has 3 amide bonds. The van der Waals surface area contributed by atoms with Gasteiger partial charge in [-0.3, -0.25) is 14.8 Å². The number of anilines is 1. The number of benzene rings is 1. The van der Waals surface area contributed by atoms with Gasteiger partial charge in [0, 0.05) is 51.4 Å². The van der Waals surface area contributed by atoms with Gasteiger partial charge in [-0.2, -0.15) is 0 Å². The van der Waals surface area contributed by atoms with E-state index in [1.807, 2.05) is 30.3 Å². The van der Waals surface area contributed by atoms with E-state index in [9.17, 15) is 24.7 Å². The molecule has 0 bridgehead atoms. The van der Waals surface area contributed by atoms with Crippen molar-refractivity contribution < 1.29 is 29.4 Å². The monoisotopic (exact) mass is 474 g/mol. The van der Waals surface area contributed by atoms with Crippen LogP contribution in [0.5, 0.6) is 0 Å². The Morgan fingerprint density at radius 3 is 2.26 bits per heavy atom. The Kier molecular flexibility index (Phi) is 7.57. The van der Waals surface area contributed by atoms with Crippen LogP contribution in [0.2, 0.25) is 0 Å². The predicted molar refractivity (Wildman–Crippen MR) is 123 cm³/mol. The molecular formula is C24H34N4O6. The molecule has 10 heteroatoms. The van der Waals surface area contributed by atoms with Crippen LogP contribution in [0.4, 0.5) is 10.5 Å². The van der Waals surface area contributed by atoms with Crippen LogP contribution >= 0.6 is 0 Å². The maximum Gasteiger partial charge on any atom is 0.410 e. The van der Waals surface area contributed by atoms with Gasteiger partial charge in [0.2, 0.25) is 0 Å². The SMILES string of the molecule is O=C(NO)[C@H]1CN(C(=O)OC2CCCCC2)CC[C@@]1(O)C(=O)N1CCN(c2ccccc2)CC1. The minimum absolute atomic E-state index is 0.0903. The largest absolute Gasteiger partial charge is 0.446 e.